The largest absolute Gasteiger partial charge is 0.368 e. The summed E-state index contributed by atoms with van der Waals surface area (Å²) in [6.45, 7) is 0. The van der Waals surface area contributed by atoms with E-state index in [-0.39, 0.29) is 11.8 Å². The van der Waals surface area contributed by atoms with Gasteiger partial charge in [-0.2, -0.15) is 0 Å². The number of nitrogens with two attached hydrogens (primary N) is 1. The number of rotatable bonds is 6. The van der Waals surface area contributed by atoms with Gasteiger partial charge in [-0.05, 0) is 34.2 Å². The Morgan fingerprint density at radius 1 is 0.821 bits per heavy atom. The molecule has 1 aliphatic carbocycles. The molecule has 0 saturated heterocycles. The first-order chi connectivity index (χ1) is 13.6. The zero-order valence-corrected chi connectivity index (χ0v) is 15.5. The fraction of sp³-hybridized carbons (Fsp3) is 0.167. The Kier molecular flexibility index (Phi) is 4.94. The number of hydrogen-bond acceptors (Lipinski definition) is 2. The summed E-state index contributed by atoms with van der Waals surface area (Å²) in [6, 6.07) is 25.0. The molecule has 1 aliphatic rings. The normalized spacial score (nSPS) is 13.4. The van der Waals surface area contributed by atoms with Crippen molar-refractivity contribution in [3.8, 4) is 11.1 Å². The Bertz CT molecular complexity index is 968. The van der Waals surface area contributed by atoms with Gasteiger partial charge in [0.15, 0.2) is 0 Å². The summed E-state index contributed by atoms with van der Waals surface area (Å²) in [4.78, 5) is 24.9. The SMILES string of the molecule is NC(=O)[C@@H](NC(=O)CCc1ccccc1)C1c2ccccc2-c2ccccc21. The van der Waals surface area contributed by atoms with Crippen LogP contribution in [0.3, 0.4) is 0 Å². The summed E-state index contributed by atoms with van der Waals surface area (Å²) in [5.74, 6) is -0.968. The zero-order chi connectivity index (χ0) is 19.5. The lowest BCUT2D eigenvalue weighted by Crippen LogP contribution is -2.48. The average Bonchev–Trinajstić information content (AvgIpc) is 3.05. The van der Waals surface area contributed by atoms with Crippen LogP contribution in [0.25, 0.3) is 11.1 Å². The summed E-state index contributed by atoms with van der Waals surface area (Å²) < 4.78 is 0. The second-order valence-corrected chi connectivity index (χ2v) is 7.09. The maximum atomic E-state index is 12.6. The lowest BCUT2D eigenvalue weighted by Gasteiger charge is -2.24. The van der Waals surface area contributed by atoms with Crippen LogP contribution in [0.1, 0.15) is 29.0 Å². The number of aryl methyl sites for hydroxylation is 1. The van der Waals surface area contributed by atoms with Crippen molar-refractivity contribution in [3.05, 3.63) is 95.6 Å². The molecule has 0 aromatic heterocycles. The lowest BCUT2D eigenvalue weighted by molar-refractivity contribution is -0.127. The van der Waals surface area contributed by atoms with Gasteiger partial charge < -0.3 is 11.1 Å². The Morgan fingerprint density at radius 2 is 1.36 bits per heavy atom. The van der Waals surface area contributed by atoms with Gasteiger partial charge >= 0.3 is 0 Å². The molecule has 0 heterocycles. The molecule has 0 aliphatic heterocycles. The van der Waals surface area contributed by atoms with E-state index in [0.29, 0.717) is 12.8 Å². The van der Waals surface area contributed by atoms with E-state index in [9.17, 15) is 9.59 Å². The van der Waals surface area contributed by atoms with Crippen LogP contribution in [0.4, 0.5) is 0 Å². The van der Waals surface area contributed by atoms with E-state index in [0.717, 1.165) is 27.8 Å². The maximum Gasteiger partial charge on any atom is 0.240 e. The number of primary amides is 1. The minimum absolute atomic E-state index is 0.172. The van der Waals surface area contributed by atoms with Gasteiger partial charge in [-0.25, -0.2) is 0 Å². The number of carbonyl (C=O) groups excluding carboxylic acids is 2. The number of fused-ring (bicyclic) bond motifs is 3. The summed E-state index contributed by atoms with van der Waals surface area (Å²) in [5.41, 5.74) is 11.0. The third-order valence-electron chi connectivity index (χ3n) is 5.32. The predicted octanol–water partition coefficient (Wildman–Crippen LogP) is 3.40. The summed E-state index contributed by atoms with van der Waals surface area (Å²) in [5, 5.41) is 2.90. The molecule has 0 radical (unpaired) electrons. The first-order valence-electron chi connectivity index (χ1n) is 9.46. The predicted molar refractivity (Wildman–Crippen MR) is 110 cm³/mol. The highest BCUT2D eigenvalue weighted by molar-refractivity contribution is 5.91. The van der Waals surface area contributed by atoms with Crippen LogP contribution >= 0.6 is 0 Å². The third-order valence-corrected chi connectivity index (χ3v) is 5.32. The molecule has 0 bridgehead atoms. The molecule has 3 aromatic rings. The van der Waals surface area contributed by atoms with Gasteiger partial charge in [0.2, 0.25) is 11.8 Å². The van der Waals surface area contributed by atoms with Crippen molar-refractivity contribution in [2.75, 3.05) is 0 Å². The Hall–Kier alpha value is -3.40. The molecule has 4 nitrogen and oxygen atoms in total. The van der Waals surface area contributed by atoms with Gasteiger partial charge in [0, 0.05) is 12.3 Å². The summed E-state index contributed by atoms with van der Waals surface area (Å²) in [6.07, 6.45) is 0.930. The van der Waals surface area contributed by atoms with Crippen molar-refractivity contribution >= 4 is 11.8 Å². The molecule has 0 fully saturated rings. The first kappa shape index (κ1) is 18.0. The summed E-state index contributed by atoms with van der Waals surface area (Å²) >= 11 is 0. The molecule has 2 amide bonds. The van der Waals surface area contributed by atoms with Crippen LogP contribution < -0.4 is 11.1 Å². The fourth-order valence-electron chi connectivity index (χ4n) is 4.02. The van der Waals surface area contributed by atoms with Crippen molar-refractivity contribution in [3.63, 3.8) is 0 Å². The average molecular weight is 370 g/mol. The molecule has 4 heteroatoms. The fourth-order valence-corrected chi connectivity index (χ4v) is 4.02. The first-order valence-corrected chi connectivity index (χ1v) is 9.46. The number of amides is 2. The number of carbonyl (C=O) groups is 2. The lowest BCUT2D eigenvalue weighted by atomic mass is 9.88. The molecule has 1 atom stereocenters. The number of hydrogen-bond donors (Lipinski definition) is 2. The van der Waals surface area contributed by atoms with E-state index >= 15 is 0 Å². The molecular formula is C24H22N2O2. The van der Waals surface area contributed by atoms with Gasteiger partial charge in [0.1, 0.15) is 6.04 Å². The molecule has 28 heavy (non-hydrogen) atoms. The van der Waals surface area contributed by atoms with E-state index in [2.05, 4.69) is 5.32 Å². The van der Waals surface area contributed by atoms with Gasteiger partial charge in [-0.15, -0.1) is 0 Å². The van der Waals surface area contributed by atoms with Crippen molar-refractivity contribution in [1.29, 1.82) is 0 Å². The highest BCUT2D eigenvalue weighted by Gasteiger charge is 2.37. The molecule has 0 saturated carbocycles. The van der Waals surface area contributed by atoms with Crippen LogP contribution in [0.15, 0.2) is 78.9 Å². The highest BCUT2D eigenvalue weighted by atomic mass is 16.2. The second-order valence-electron chi connectivity index (χ2n) is 7.09. The van der Waals surface area contributed by atoms with Gasteiger partial charge in [0.25, 0.3) is 0 Å². The van der Waals surface area contributed by atoms with Crippen molar-refractivity contribution < 1.29 is 9.59 Å². The van der Waals surface area contributed by atoms with Gasteiger partial charge in [-0.1, -0.05) is 78.9 Å². The smallest absolute Gasteiger partial charge is 0.240 e. The Morgan fingerprint density at radius 3 is 1.93 bits per heavy atom. The molecule has 3 aromatic carbocycles. The molecule has 0 spiro atoms. The van der Waals surface area contributed by atoms with E-state index in [4.69, 9.17) is 5.73 Å². The van der Waals surface area contributed by atoms with Crippen LogP contribution in [0, 0.1) is 0 Å². The van der Waals surface area contributed by atoms with E-state index in [1.807, 2.05) is 78.9 Å². The molecular weight excluding hydrogens is 348 g/mol. The molecule has 0 unspecified atom stereocenters. The highest BCUT2D eigenvalue weighted by Crippen LogP contribution is 2.46. The number of nitrogens with one attached hydrogen (secondary N) is 1. The van der Waals surface area contributed by atoms with Gasteiger partial charge in [-0.3, -0.25) is 9.59 Å². The maximum absolute atomic E-state index is 12.6. The quantitative estimate of drug-likeness (QED) is 0.698. The van der Waals surface area contributed by atoms with Crippen molar-refractivity contribution in [1.82, 2.24) is 5.32 Å². The minimum Gasteiger partial charge on any atom is -0.368 e. The Balaban J connectivity index is 1.58. The third kappa shape index (κ3) is 3.41. The summed E-state index contributed by atoms with van der Waals surface area (Å²) in [7, 11) is 0. The second kappa shape index (κ2) is 7.69. The molecule has 140 valence electrons. The number of benzene rings is 3. The molecule has 4 rings (SSSR count). The van der Waals surface area contributed by atoms with E-state index in [1.165, 1.54) is 0 Å². The van der Waals surface area contributed by atoms with E-state index < -0.39 is 11.9 Å². The van der Waals surface area contributed by atoms with E-state index in [1.54, 1.807) is 0 Å². The van der Waals surface area contributed by atoms with Crippen molar-refractivity contribution in [2.45, 2.75) is 24.8 Å². The van der Waals surface area contributed by atoms with Crippen molar-refractivity contribution in [2.24, 2.45) is 5.73 Å². The van der Waals surface area contributed by atoms with Crippen LogP contribution in [0.2, 0.25) is 0 Å². The topological polar surface area (TPSA) is 72.2 Å². The molecule has 3 N–H and O–H groups in total. The van der Waals surface area contributed by atoms with Crippen LogP contribution in [-0.2, 0) is 16.0 Å². The monoisotopic (exact) mass is 370 g/mol. The standard InChI is InChI=1S/C24H22N2O2/c25-24(28)23(26-21(27)15-14-16-8-2-1-3-9-16)22-19-12-6-4-10-17(19)18-11-5-7-13-20(18)22/h1-13,22-23H,14-15H2,(H2,25,28)(H,26,27)/t23-/m0/s1. The van der Waals surface area contributed by atoms with Gasteiger partial charge in [0.05, 0.1) is 0 Å². The van der Waals surface area contributed by atoms with Crippen LogP contribution in [-0.4, -0.2) is 17.9 Å². The minimum atomic E-state index is -0.784. The zero-order valence-electron chi connectivity index (χ0n) is 15.5. The van der Waals surface area contributed by atoms with Crippen LogP contribution in [0.5, 0.6) is 0 Å². The Labute approximate surface area is 164 Å².